The topological polar surface area (TPSA) is 125 Å². The standard InChI is InChI=1S/C14H18O9/c1-14(19,6-10(15)22-8-2-4-20-12(8)17)7-11(16)23-9-3-5-21-13(9)18/h8-9,19H,2-7H2,1H3. The van der Waals surface area contributed by atoms with Crippen molar-refractivity contribution >= 4 is 23.9 Å². The number of ether oxygens (including phenoxy) is 4. The highest BCUT2D eigenvalue weighted by Crippen LogP contribution is 2.20. The fourth-order valence-corrected chi connectivity index (χ4v) is 2.25. The van der Waals surface area contributed by atoms with Crippen molar-refractivity contribution < 1.29 is 43.2 Å². The van der Waals surface area contributed by atoms with Crippen LogP contribution in [0.15, 0.2) is 0 Å². The van der Waals surface area contributed by atoms with Crippen LogP contribution in [0.25, 0.3) is 0 Å². The van der Waals surface area contributed by atoms with Gasteiger partial charge in [-0.2, -0.15) is 0 Å². The molecule has 1 N–H and O–H groups in total. The Bertz CT molecular complexity index is 466. The quantitative estimate of drug-likeness (QED) is 0.493. The van der Waals surface area contributed by atoms with Crippen LogP contribution in [0.4, 0.5) is 0 Å². The third kappa shape index (κ3) is 4.92. The minimum atomic E-state index is -1.72. The minimum Gasteiger partial charge on any atom is -0.463 e. The number of cyclic esters (lactones) is 2. The molecule has 0 aliphatic carbocycles. The van der Waals surface area contributed by atoms with E-state index >= 15 is 0 Å². The Morgan fingerprint density at radius 3 is 1.74 bits per heavy atom. The molecule has 0 aromatic rings. The van der Waals surface area contributed by atoms with Crippen LogP contribution in [0.5, 0.6) is 0 Å². The molecule has 0 saturated carbocycles. The summed E-state index contributed by atoms with van der Waals surface area (Å²) in [6.07, 6.45) is -2.42. The molecule has 9 nitrogen and oxygen atoms in total. The van der Waals surface area contributed by atoms with Gasteiger partial charge in [-0.3, -0.25) is 9.59 Å². The maximum atomic E-state index is 11.7. The summed E-state index contributed by atoms with van der Waals surface area (Å²) in [6.45, 7) is 1.61. The van der Waals surface area contributed by atoms with Crippen LogP contribution in [0.3, 0.4) is 0 Å². The molecule has 2 fully saturated rings. The van der Waals surface area contributed by atoms with Crippen LogP contribution in [0.2, 0.25) is 0 Å². The van der Waals surface area contributed by atoms with E-state index in [1.807, 2.05) is 0 Å². The van der Waals surface area contributed by atoms with Gasteiger partial charge in [0, 0.05) is 12.8 Å². The second-order valence-corrected chi connectivity index (χ2v) is 5.72. The van der Waals surface area contributed by atoms with Gasteiger partial charge < -0.3 is 24.1 Å². The first-order valence-corrected chi connectivity index (χ1v) is 7.21. The molecule has 0 amide bonds. The van der Waals surface area contributed by atoms with Crippen LogP contribution >= 0.6 is 0 Å². The molecule has 0 bridgehead atoms. The molecular weight excluding hydrogens is 312 g/mol. The van der Waals surface area contributed by atoms with Crippen LogP contribution in [-0.2, 0) is 38.1 Å². The highest BCUT2D eigenvalue weighted by Gasteiger charge is 2.36. The van der Waals surface area contributed by atoms with Gasteiger partial charge in [-0.25, -0.2) is 9.59 Å². The summed E-state index contributed by atoms with van der Waals surface area (Å²) < 4.78 is 19.1. The van der Waals surface area contributed by atoms with E-state index < -0.39 is 54.5 Å². The largest absolute Gasteiger partial charge is 0.463 e. The van der Waals surface area contributed by atoms with Gasteiger partial charge in [0.2, 0.25) is 12.2 Å². The second kappa shape index (κ2) is 6.95. The average Bonchev–Trinajstić information content (AvgIpc) is 2.98. The molecule has 128 valence electrons. The van der Waals surface area contributed by atoms with Crippen molar-refractivity contribution in [2.45, 2.75) is 50.4 Å². The highest BCUT2D eigenvalue weighted by molar-refractivity contribution is 5.82. The number of carbonyl (C=O) groups is 4. The predicted molar refractivity (Wildman–Crippen MR) is 70.8 cm³/mol. The number of rotatable bonds is 6. The highest BCUT2D eigenvalue weighted by atomic mass is 16.6. The predicted octanol–water partition coefficient (Wildman–Crippen LogP) is -0.765. The van der Waals surface area contributed by atoms with Crippen LogP contribution in [-0.4, -0.2) is 60.0 Å². The van der Waals surface area contributed by atoms with Gasteiger partial charge in [0.15, 0.2) is 0 Å². The fraction of sp³-hybridized carbons (Fsp3) is 0.714. The summed E-state index contributed by atoms with van der Waals surface area (Å²) in [5.74, 6) is -2.91. The van der Waals surface area contributed by atoms with E-state index in [0.717, 1.165) is 0 Å². The summed E-state index contributed by atoms with van der Waals surface area (Å²) in [6, 6.07) is 0. The zero-order valence-corrected chi connectivity index (χ0v) is 12.6. The summed E-state index contributed by atoms with van der Waals surface area (Å²) in [7, 11) is 0. The number of esters is 4. The molecule has 2 heterocycles. The third-order valence-electron chi connectivity index (χ3n) is 3.37. The Labute approximate surface area is 131 Å². The first-order chi connectivity index (χ1) is 10.8. The van der Waals surface area contributed by atoms with Crippen molar-refractivity contribution in [3.05, 3.63) is 0 Å². The van der Waals surface area contributed by atoms with Crippen molar-refractivity contribution in [3.63, 3.8) is 0 Å². The average molecular weight is 330 g/mol. The molecule has 2 atom stereocenters. The van der Waals surface area contributed by atoms with Crippen LogP contribution in [0, 0.1) is 0 Å². The lowest BCUT2D eigenvalue weighted by Crippen LogP contribution is -2.35. The summed E-state index contributed by atoms with van der Waals surface area (Å²) in [5, 5.41) is 10.1. The lowest BCUT2D eigenvalue weighted by molar-refractivity contribution is -0.168. The maximum absolute atomic E-state index is 11.7. The number of hydrogen-bond acceptors (Lipinski definition) is 9. The smallest absolute Gasteiger partial charge is 0.347 e. The van der Waals surface area contributed by atoms with E-state index in [1.165, 1.54) is 6.92 Å². The monoisotopic (exact) mass is 330 g/mol. The Balaban J connectivity index is 1.78. The molecule has 2 rings (SSSR count). The van der Waals surface area contributed by atoms with E-state index in [1.54, 1.807) is 0 Å². The molecule has 9 heteroatoms. The van der Waals surface area contributed by atoms with E-state index in [0.29, 0.717) is 0 Å². The summed E-state index contributed by atoms with van der Waals surface area (Å²) >= 11 is 0. The number of hydrogen-bond donors (Lipinski definition) is 1. The molecule has 23 heavy (non-hydrogen) atoms. The molecule has 0 aromatic heterocycles. The maximum Gasteiger partial charge on any atom is 0.347 e. The Morgan fingerprint density at radius 1 is 1.04 bits per heavy atom. The molecule has 0 spiro atoms. The molecule has 2 aliphatic rings. The summed E-state index contributed by atoms with van der Waals surface area (Å²) in [5.41, 5.74) is -1.72. The fourth-order valence-electron chi connectivity index (χ4n) is 2.25. The Morgan fingerprint density at radius 2 is 1.43 bits per heavy atom. The summed E-state index contributed by atoms with van der Waals surface area (Å²) in [4.78, 5) is 45.8. The molecule has 0 aromatic carbocycles. The van der Waals surface area contributed by atoms with Gasteiger partial charge in [0.1, 0.15) is 0 Å². The van der Waals surface area contributed by atoms with Crippen molar-refractivity contribution in [1.29, 1.82) is 0 Å². The minimum absolute atomic E-state index is 0.178. The first kappa shape index (κ1) is 17.2. The van der Waals surface area contributed by atoms with Crippen LogP contribution < -0.4 is 0 Å². The SMILES string of the molecule is CC(O)(CC(=O)OC1CCOC1=O)CC(=O)OC1CCOC1=O. The van der Waals surface area contributed by atoms with Crippen molar-refractivity contribution in [2.24, 2.45) is 0 Å². The van der Waals surface area contributed by atoms with Gasteiger partial charge in [0.05, 0.1) is 31.7 Å². The van der Waals surface area contributed by atoms with Gasteiger partial charge in [-0.05, 0) is 6.92 Å². The van der Waals surface area contributed by atoms with Gasteiger partial charge >= 0.3 is 23.9 Å². The number of aliphatic hydroxyl groups is 1. The second-order valence-electron chi connectivity index (χ2n) is 5.72. The number of carbonyl (C=O) groups excluding carboxylic acids is 4. The van der Waals surface area contributed by atoms with E-state index in [9.17, 15) is 24.3 Å². The first-order valence-electron chi connectivity index (χ1n) is 7.21. The van der Waals surface area contributed by atoms with Gasteiger partial charge in [-0.15, -0.1) is 0 Å². The lowest BCUT2D eigenvalue weighted by atomic mass is 9.98. The van der Waals surface area contributed by atoms with E-state index in [-0.39, 0.29) is 26.1 Å². The van der Waals surface area contributed by atoms with Gasteiger partial charge in [0.25, 0.3) is 0 Å². The van der Waals surface area contributed by atoms with Crippen molar-refractivity contribution in [1.82, 2.24) is 0 Å². The zero-order valence-electron chi connectivity index (χ0n) is 12.6. The Kier molecular flexibility index (Phi) is 5.19. The molecule has 2 unspecified atom stereocenters. The van der Waals surface area contributed by atoms with E-state index in [2.05, 4.69) is 9.47 Å². The van der Waals surface area contributed by atoms with E-state index in [4.69, 9.17) is 9.47 Å². The Hall–Kier alpha value is -2.16. The normalized spacial score (nSPS) is 26.2. The molecular formula is C14H18O9. The van der Waals surface area contributed by atoms with Gasteiger partial charge in [-0.1, -0.05) is 0 Å². The molecule has 0 radical (unpaired) electrons. The molecule has 2 aliphatic heterocycles. The third-order valence-corrected chi connectivity index (χ3v) is 3.37. The lowest BCUT2D eigenvalue weighted by Gasteiger charge is -2.22. The van der Waals surface area contributed by atoms with Crippen molar-refractivity contribution in [3.8, 4) is 0 Å². The van der Waals surface area contributed by atoms with Crippen molar-refractivity contribution in [2.75, 3.05) is 13.2 Å². The molecule has 2 saturated heterocycles. The zero-order chi connectivity index (χ0) is 17.0. The van der Waals surface area contributed by atoms with Crippen LogP contribution in [0.1, 0.15) is 32.6 Å².